The fraction of sp³-hybridized carbons (Fsp3) is 0.462. The van der Waals surface area contributed by atoms with Gasteiger partial charge in [0.15, 0.2) is 0 Å². The van der Waals surface area contributed by atoms with E-state index in [4.69, 9.17) is 21.8 Å². The van der Waals surface area contributed by atoms with Crippen LogP contribution < -0.4 is 10.2 Å². The molecule has 0 spiro atoms. The maximum absolute atomic E-state index is 11.3. The van der Waals surface area contributed by atoms with Crippen molar-refractivity contribution < 1.29 is 14.3 Å². The first-order chi connectivity index (χ1) is 8.47. The summed E-state index contributed by atoms with van der Waals surface area (Å²) >= 11 is 6.11. The Balaban J connectivity index is 3.35. The lowest BCUT2D eigenvalue weighted by molar-refractivity contribution is 0.0694. The molecule has 0 radical (unpaired) electrons. The predicted octanol–water partition coefficient (Wildman–Crippen LogP) is 4.00. The Bertz CT molecular complexity index is 509. The zero-order valence-electron chi connectivity index (χ0n) is 11.9. The third-order valence-electron chi connectivity index (χ3n) is 3.52. The van der Waals surface area contributed by atoms with Crippen molar-refractivity contribution in [1.29, 1.82) is 0 Å². The Morgan fingerprint density at radius 1 is 1.37 bits per heavy atom. The lowest BCUT2D eigenvalue weighted by atomic mass is 10.2. The predicted molar refractivity (Wildman–Crippen MR) is 80.6 cm³/mol. The normalized spacial score (nSPS) is 12.3. The van der Waals surface area contributed by atoms with Crippen LogP contribution in [0.2, 0.25) is 23.2 Å². The summed E-state index contributed by atoms with van der Waals surface area (Å²) < 4.78 is 6.02. The van der Waals surface area contributed by atoms with Crippen molar-refractivity contribution in [3.63, 3.8) is 0 Å². The van der Waals surface area contributed by atoms with Crippen LogP contribution in [0.15, 0.2) is 12.1 Å². The highest BCUT2D eigenvalue weighted by molar-refractivity contribution is 6.74. The maximum atomic E-state index is 11.3. The molecule has 0 saturated heterocycles. The molecule has 1 aromatic rings. The first-order valence-corrected chi connectivity index (χ1v) is 9.26. The molecule has 0 heterocycles. The summed E-state index contributed by atoms with van der Waals surface area (Å²) in [7, 11) is -2.18. The van der Waals surface area contributed by atoms with Crippen LogP contribution in [0.4, 0.5) is 5.69 Å². The molecule has 0 aliphatic carbocycles. The van der Waals surface area contributed by atoms with E-state index in [9.17, 15) is 9.90 Å². The van der Waals surface area contributed by atoms with E-state index in [-0.39, 0.29) is 21.4 Å². The molecular formula is C13H20ClNO3Si. The fourth-order valence-electron chi connectivity index (χ4n) is 1.25. The summed E-state index contributed by atoms with van der Waals surface area (Å²) in [4.78, 5) is 11.3. The zero-order chi connectivity index (χ0) is 15.0. The van der Waals surface area contributed by atoms with Crippen molar-refractivity contribution in [1.82, 2.24) is 0 Å². The van der Waals surface area contributed by atoms with E-state index in [1.807, 2.05) is 13.1 Å². The van der Waals surface area contributed by atoms with E-state index in [1.165, 1.54) is 12.1 Å². The molecule has 0 aliphatic rings. The third kappa shape index (κ3) is 3.22. The molecule has 6 heteroatoms. The highest BCUT2D eigenvalue weighted by Crippen LogP contribution is 2.42. The number of halogens is 1. The highest BCUT2D eigenvalue weighted by atomic mass is 35.5. The van der Waals surface area contributed by atoms with Gasteiger partial charge in [-0.15, -0.1) is 0 Å². The Kier molecular flexibility index (Phi) is 4.22. The molecule has 106 valence electrons. The van der Waals surface area contributed by atoms with Gasteiger partial charge in [0.05, 0.1) is 5.69 Å². The summed E-state index contributed by atoms with van der Waals surface area (Å²) in [5, 5.41) is 9.33. The summed E-state index contributed by atoms with van der Waals surface area (Å²) in [6, 6.07) is 2.90. The Morgan fingerprint density at radius 3 is 2.32 bits per heavy atom. The van der Waals surface area contributed by atoms with E-state index >= 15 is 0 Å². The van der Waals surface area contributed by atoms with Crippen LogP contribution in [0.1, 0.15) is 31.1 Å². The second-order valence-electron chi connectivity index (χ2n) is 6.01. The summed E-state index contributed by atoms with van der Waals surface area (Å²) in [5.41, 5.74) is 6.09. The minimum Gasteiger partial charge on any atom is -0.542 e. The van der Waals surface area contributed by atoms with Crippen LogP contribution in [-0.4, -0.2) is 19.4 Å². The Labute approximate surface area is 119 Å². The van der Waals surface area contributed by atoms with Gasteiger partial charge in [-0.1, -0.05) is 32.4 Å². The standard InChI is InChI=1S/C13H20ClNO3Si/c1-13(2,3)19(4,5)18-11-8(12(16)17)6-7-9(15)10(11)14/h6-7H,15H2,1-5H3,(H,16,17). The number of hydrogen-bond donors (Lipinski definition) is 2. The van der Waals surface area contributed by atoms with Crippen LogP contribution in [0.25, 0.3) is 0 Å². The Morgan fingerprint density at radius 2 is 1.89 bits per heavy atom. The van der Waals surface area contributed by atoms with Crippen molar-refractivity contribution in [2.75, 3.05) is 5.73 Å². The topological polar surface area (TPSA) is 72.5 Å². The minimum atomic E-state index is -2.18. The molecule has 0 fully saturated rings. The number of anilines is 1. The summed E-state index contributed by atoms with van der Waals surface area (Å²) in [6.45, 7) is 10.3. The van der Waals surface area contributed by atoms with Gasteiger partial charge in [-0.3, -0.25) is 0 Å². The van der Waals surface area contributed by atoms with Gasteiger partial charge in [0, 0.05) is 0 Å². The van der Waals surface area contributed by atoms with Crippen LogP contribution in [0, 0.1) is 0 Å². The van der Waals surface area contributed by atoms with Gasteiger partial charge in [-0.2, -0.15) is 0 Å². The monoisotopic (exact) mass is 301 g/mol. The van der Waals surface area contributed by atoms with Crippen LogP contribution in [0.3, 0.4) is 0 Å². The molecule has 3 N–H and O–H groups in total. The number of nitrogen functional groups attached to an aromatic ring is 1. The molecule has 0 bridgehead atoms. The Hall–Kier alpha value is -1.20. The van der Waals surface area contributed by atoms with Crippen LogP contribution in [-0.2, 0) is 0 Å². The SMILES string of the molecule is CC(C)(C)[Si](C)(C)Oc1c(C(=O)O)ccc(N)c1Cl. The van der Waals surface area contributed by atoms with Crippen molar-refractivity contribution in [2.45, 2.75) is 38.9 Å². The summed E-state index contributed by atoms with van der Waals surface area (Å²) in [5.74, 6) is -0.892. The largest absolute Gasteiger partial charge is 0.542 e. The maximum Gasteiger partial charge on any atom is 0.339 e. The number of benzene rings is 1. The van der Waals surface area contributed by atoms with Gasteiger partial charge in [-0.05, 0) is 30.3 Å². The lowest BCUT2D eigenvalue weighted by Crippen LogP contribution is -2.44. The molecule has 1 aromatic carbocycles. The number of carbonyl (C=O) groups is 1. The van der Waals surface area contributed by atoms with Crippen LogP contribution >= 0.6 is 11.6 Å². The summed E-state index contributed by atoms with van der Waals surface area (Å²) in [6.07, 6.45) is 0. The number of carboxylic acid groups (broad SMARTS) is 1. The molecule has 0 amide bonds. The number of rotatable bonds is 3. The molecule has 1 rings (SSSR count). The number of nitrogens with two attached hydrogens (primary N) is 1. The third-order valence-corrected chi connectivity index (χ3v) is 8.24. The van der Waals surface area contributed by atoms with E-state index < -0.39 is 14.3 Å². The smallest absolute Gasteiger partial charge is 0.339 e. The first-order valence-electron chi connectivity index (χ1n) is 5.97. The zero-order valence-corrected chi connectivity index (χ0v) is 13.6. The average molecular weight is 302 g/mol. The molecule has 0 saturated carbocycles. The van der Waals surface area contributed by atoms with E-state index in [1.54, 1.807) is 0 Å². The quantitative estimate of drug-likeness (QED) is 0.653. The second kappa shape index (κ2) is 5.05. The van der Waals surface area contributed by atoms with E-state index in [2.05, 4.69) is 20.8 Å². The molecular weight excluding hydrogens is 282 g/mol. The highest BCUT2D eigenvalue weighted by Gasteiger charge is 2.40. The fourth-order valence-corrected chi connectivity index (χ4v) is 2.54. The van der Waals surface area contributed by atoms with Gasteiger partial charge < -0.3 is 15.3 Å². The van der Waals surface area contributed by atoms with Crippen molar-refractivity contribution in [3.05, 3.63) is 22.7 Å². The molecule has 19 heavy (non-hydrogen) atoms. The van der Waals surface area contributed by atoms with E-state index in [0.29, 0.717) is 5.69 Å². The number of hydrogen-bond acceptors (Lipinski definition) is 3. The van der Waals surface area contributed by atoms with Gasteiger partial charge in [0.25, 0.3) is 8.32 Å². The van der Waals surface area contributed by atoms with Crippen molar-refractivity contribution in [2.24, 2.45) is 0 Å². The first kappa shape index (κ1) is 15.9. The number of aromatic carboxylic acids is 1. The number of carboxylic acids is 1. The van der Waals surface area contributed by atoms with Gasteiger partial charge in [-0.25, -0.2) is 4.79 Å². The van der Waals surface area contributed by atoms with Gasteiger partial charge >= 0.3 is 5.97 Å². The van der Waals surface area contributed by atoms with Gasteiger partial charge in [0.2, 0.25) is 0 Å². The van der Waals surface area contributed by atoms with E-state index in [0.717, 1.165) is 0 Å². The average Bonchev–Trinajstić information content (AvgIpc) is 2.22. The molecule has 0 unspecified atom stereocenters. The molecule has 4 nitrogen and oxygen atoms in total. The lowest BCUT2D eigenvalue weighted by Gasteiger charge is -2.37. The van der Waals surface area contributed by atoms with Crippen molar-refractivity contribution >= 4 is 31.6 Å². The van der Waals surface area contributed by atoms with Crippen LogP contribution in [0.5, 0.6) is 5.75 Å². The molecule has 0 aromatic heterocycles. The second-order valence-corrected chi connectivity index (χ2v) is 11.1. The molecule has 0 atom stereocenters. The van der Waals surface area contributed by atoms with Crippen molar-refractivity contribution in [3.8, 4) is 5.75 Å². The van der Waals surface area contributed by atoms with Gasteiger partial charge in [0.1, 0.15) is 16.3 Å². The molecule has 0 aliphatic heterocycles. The minimum absolute atomic E-state index is 0.0454.